The van der Waals surface area contributed by atoms with Crippen LogP contribution >= 0.6 is 0 Å². The van der Waals surface area contributed by atoms with E-state index in [0.29, 0.717) is 5.75 Å². The van der Waals surface area contributed by atoms with Crippen molar-refractivity contribution in [2.24, 2.45) is 0 Å². The van der Waals surface area contributed by atoms with E-state index in [1.165, 1.54) is 0 Å². The summed E-state index contributed by atoms with van der Waals surface area (Å²) in [5.74, 6) is 0.716. The molecule has 0 saturated carbocycles. The second kappa shape index (κ2) is 6.96. The summed E-state index contributed by atoms with van der Waals surface area (Å²) >= 11 is 0. The first-order valence-electron chi connectivity index (χ1n) is 8.62. The molecule has 0 aliphatic heterocycles. The average molecular weight is 357 g/mol. The zero-order chi connectivity index (χ0) is 18.7. The number of fused-ring (bicyclic) bond motifs is 1. The third-order valence-corrected chi connectivity index (χ3v) is 4.74. The van der Waals surface area contributed by atoms with Crippen LogP contribution in [-0.4, -0.2) is 23.4 Å². The maximum atomic E-state index is 12.6. The normalized spacial score (nSPS) is 13.1. The molecular formula is C22H19N3O2. The van der Waals surface area contributed by atoms with Gasteiger partial charge in [0.1, 0.15) is 11.3 Å². The number of pyridine rings is 1. The summed E-state index contributed by atoms with van der Waals surface area (Å²) in [6, 6.07) is 19.2. The lowest BCUT2D eigenvalue weighted by Gasteiger charge is -2.31. The molecule has 1 unspecified atom stereocenters. The molecule has 134 valence electrons. The Balaban J connectivity index is 1.93. The second-order valence-electron chi connectivity index (χ2n) is 6.27. The Bertz CT molecular complexity index is 1080. The first-order valence-corrected chi connectivity index (χ1v) is 8.62. The number of hydrogen-bond acceptors (Lipinski definition) is 4. The van der Waals surface area contributed by atoms with Gasteiger partial charge >= 0.3 is 0 Å². The highest BCUT2D eigenvalue weighted by Crippen LogP contribution is 2.36. The molecule has 0 amide bonds. The van der Waals surface area contributed by atoms with E-state index in [0.717, 1.165) is 34.0 Å². The summed E-state index contributed by atoms with van der Waals surface area (Å²) in [6.07, 6.45) is 6.20. The summed E-state index contributed by atoms with van der Waals surface area (Å²) in [6.45, 7) is 0. The average Bonchev–Trinajstić information content (AvgIpc) is 3.17. The quantitative estimate of drug-likeness (QED) is 0.509. The second-order valence-corrected chi connectivity index (χ2v) is 6.27. The Morgan fingerprint density at radius 2 is 1.89 bits per heavy atom. The minimum atomic E-state index is -1.07. The van der Waals surface area contributed by atoms with E-state index in [2.05, 4.69) is 15.3 Å². The SMILES string of the molecule is COc1cccc(NC(C=O)(c2ccncc2)c2c[nH]c3ccccc23)c1. The molecule has 5 nitrogen and oxygen atoms in total. The molecule has 1 atom stereocenters. The fourth-order valence-corrected chi connectivity index (χ4v) is 3.40. The van der Waals surface area contributed by atoms with Gasteiger partial charge in [0.15, 0.2) is 6.29 Å². The lowest BCUT2D eigenvalue weighted by Crippen LogP contribution is -2.38. The van der Waals surface area contributed by atoms with Gasteiger partial charge in [-0.25, -0.2) is 0 Å². The van der Waals surface area contributed by atoms with Gasteiger partial charge < -0.3 is 15.0 Å². The summed E-state index contributed by atoms with van der Waals surface area (Å²) < 4.78 is 5.33. The van der Waals surface area contributed by atoms with Crippen LogP contribution < -0.4 is 10.1 Å². The number of rotatable bonds is 6. The summed E-state index contributed by atoms with van der Waals surface area (Å²) in [5, 5.41) is 4.42. The third-order valence-electron chi connectivity index (χ3n) is 4.74. The predicted molar refractivity (Wildman–Crippen MR) is 106 cm³/mol. The van der Waals surface area contributed by atoms with Gasteiger partial charge in [0, 0.05) is 46.8 Å². The van der Waals surface area contributed by atoms with Crippen LogP contribution in [0.1, 0.15) is 11.1 Å². The molecule has 0 aliphatic rings. The Morgan fingerprint density at radius 3 is 2.67 bits per heavy atom. The van der Waals surface area contributed by atoms with Crippen molar-refractivity contribution >= 4 is 22.9 Å². The van der Waals surface area contributed by atoms with E-state index in [1.807, 2.05) is 66.9 Å². The largest absolute Gasteiger partial charge is 0.497 e. The van der Waals surface area contributed by atoms with Crippen LogP contribution in [0.25, 0.3) is 10.9 Å². The van der Waals surface area contributed by atoms with E-state index < -0.39 is 5.54 Å². The number of aldehydes is 1. The van der Waals surface area contributed by atoms with Crippen molar-refractivity contribution in [3.05, 3.63) is 90.4 Å². The highest BCUT2D eigenvalue weighted by molar-refractivity contribution is 5.92. The minimum absolute atomic E-state index is 0.716. The first-order chi connectivity index (χ1) is 13.3. The number of anilines is 1. The first kappa shape index (κ1) is 16.8. The molecule has 0 radical (unpaired) electrons. The number of benzene rings is 2. The number of aromatic amines is 1. The molecule has 4 rings (SSSR count). The smallest absolute Gasteiger partial charge is 0.154 e. The molecule has 27 heavy (non-hydrogen) atoms. The van der Waals surface area contributed by atoms with Crippen LogP contribution in [0.15, 0.2) is 79.3 Å². The number of carbonyl (C=O) groups excluding carboxylic acids is 1. The van der Waals surface area contributed by atoms with Gasteiger partial charge in [-0.1, -0.05) is 24.3 Å². The van der Waals surface area contributed by atoms with Gasteiger partial charge in [-0.05, 0) is 35.9 Å². The van der Waals surface area contributed by atoms with E-state index in [1.54, 1.807) is 19.5 Å². The molecule has 4 aromatic rings. The van der Waals surface area contributed by atoms with Crippen molar-refractivity contribution < 1.29 is 9.53 Å². The zero-order valence-electron chi connectivity index (χ0n) is 14.8. The molecule has 2 aromatic carbocycles. The van der Waals surface area contributed by atoms with Gasteiger partial charge in [0.25, 0.3) is 0 Å². The van der Waals surface area contributed by atoms with Crippen molar-refractivity contribution in [1.29, 1.82) is 0 Å². The summed E-state index contributed by atoms with van der Waals surface area (Å²) in [4.78, 5) is 20.0. The van der Waals surface area contributed by atoms with Crippen molar-refractivity contribution in [2.45, 2.75) is 5.54 Å². The van der Waals surface area contributed by atoms with Gasteiger partial charge in [0.05, 0.1) is 7.11 Å². The number of carbonyl (C=O) groups is 1. The van der Waals surface area contributed by atoms with E-state index in [4.69, 9.17) is 4.74 Å². The topological polar surface area (TPSA) is 67.0 Å². The fourth-order valence-electron chi connectivity index (χ4n) is 3.40. The molecule has 0 bridgehead atoms. The van der Waals surface area contributed by atoms with Crippen LogP contribution in [0.5, 0.6) is 5.75 Å². The number of para-hydroxylation sites is 1. The molecule has 5 heteroatoms. The Labute approximate surface area is 157 Å². The predicted octanol–water partition coefficient (Wildman–Crippen LogP) is 4.13. The highest BCUT2D eigenvalue weighted by Gasteiger charge is 2.36. The number of nitrogens with one attached hydrogen (secondary N) is 2. The monoisotopic (exact) mass is 357 g/mol. The van der Waals surface area contributed by atoms with E-state index >= 15 is 0 Å². The van der Waals surface area contributed by atoms with Crippen molar-refractivity contribution in [3.63, 3.8) is 0 Å². The zero-order valence-corrected chi connectivity index (χ0v) is 14.8. The van der Waals surface area contributed by atoms with Crippen molar-refractivity contribution in [2.75, 3.05) is 12.4 Å². The highest BCUT2D eigenvalue weighted by atomic mass is 16.5. The molecule has 0 saturated heterocycles. The van der Waals surface area contributed by atoms with Gasteiger partial charge in [0.2, 0.25) is 0 Å². The molecule has 0 spiro atoms. The number of H-pyrrole nitrogens is 1. The maximum Gasteiger partial charge on any atom is 0.154 e. The van der Waals surface area contributed by atoms with E-state index in [9.17, 15) is 4.79 Å². The summed E-state index contributed by atoms with van der Waals surface area (Å²) in [5.41, 5.74) is 2.33. The number of methoxy groups -OCH3 is 1. The minimum Gasteiger partial charge on any atom is -0.497 e. The van der Waals surface area contributed by atoms with Crippen LogP contribution in [-0.2, 0) is 10.3 Å². The molecule has 2 N–H and O–H groups in total. The van der Waals surface area contributed by atoms with Crippen LogP contribution in [0.3, 0.4) is 0 Å². The number of aromatic nitrogens is 2. The Kier molecular flexibility index (Phi) is 4.34. The number of nitrogens with zero attached hydrogens (tertiary/aromatic N) is 1. The lowest BCUT2D eigenvalue weighted by atomic mass is 9.84. The Morgan fingerprint density at radius 1 is 1.07 bits per heavy atom. The Hall–Kier alpha value is -3.60. The molecule has 2 heterocycles. The third kappa shape index (κ3) is 2.93. The molecular weight excluding hydrogens is 338 g/mol. The lowest BCUT2D eigenvalue weighted by molar-refractivity contribution is -0.110. The summed E-state index contributed by atoms with van der Waals surface area (Å²) in [7, 11) is 1.62. The van der Waals surface area contributed by atoms with Crippen LogP contribution in [0.4, 0.5) is 5.69 Å². The fraction of sp³-hybridized carbons (Fsp3) is 0.0909. The molecule has 2 aromatic heterocycles. The van der Waals surface area contributed by atoms with Gasteiger partial charge in [-0.3, -0.25) is 9.78 Å². The maximum absolute atomic E-state index is 12.6. The molecule has 0 fully saturated rings. The standard InChI is InChI=1S/C22H19N3O2/c1-27-18-6-4-5-17(13-18)25-22(15-26,16-9-11-23-12-10-16)20-14-24-21-8-3-2-7-19(20)21/h2-15,24-25H,1H3. The molecule has 0 aliphatic carbocycles. The van der Waals surface area contributed by atoms with Crippen LogP contribution in [0, 0.1) is 0 Å². The number of hydrogen-bond donors (Lipinski definition) is 2. The number of ether oxygens (including phenoxy) is 1. The van der Waals surface area contributed by atoms with E-state index in [-0.39, 0.29) is 0 Å². The van der Waals surface area contributed by atoms with Gasteiger partial charge in [-0.15, -0.1) is 0 Å². The van der Waals surface area contributed by atoms with Crippen LogP contribution in [0.2, 0.25) is 0 Å². The van der Waals surface area contributed by atoms with Gasteiger partial charge in [-0.2, -0.15) is 0 Å². The van der Waals surface area contributed by atoms with Crippen molar-refractivity contribution in [1.82, 2.24) is 9.97 Å². The van der Waals surface area contributed by atoms with Crippen molar-refractivity contribution in [3.8, 4) is 5.75 Å².